The Morgan fingerprint density at radius 2 is 1.67 bits per heavy atom. The third kappa shape index (κ3) is 7.32. The summed E-state index contributed by atoms with van der Waals surface area (Å²) in [6.45, 7) is 6.28. The zero-order valence-corrected chi connectivity index (χ0v) is 22.8. The first kappa shape index (κ1) is 27.1. The Kier molecular flexibility index (Phi) is 9.38. The number of morpholine rings is 1. The van der Waals surface area contributed by atoms with E-state index in [2.05, 4.69) is 15.1 Å². The van der Waals surface area contributed by atoms with Gasteiger partial charge in [0.05, 0.1) is 23.8 Å². The van der Waals surface area contributed by atoms with E-state index in [-0.39, 0.29) is 5.91 Å². The molecule has 2 heterocycles. The van der Waals surface area contributed by atoms with E-state index in [1.54, 1.807) is 0 Å². The third-order valence-corrected chi connectivity index (χ3v) is 7.27. The molecule has 0 aliphatic carbocycles. The minimum Gasteiger partial charge on any atom is -0.379 e. The standard InChI is InChI=1S/C31H34ClN5O2/c32-27-13-6-4-11-25(27)30-34-28-14-7-5-12-26(28)31(35-30)37(17-8-16-36-19-21-39-22-20-36)18-15-29(38)33-23-24-9-2-1-3-10-24/h1-7,9-14H,8,15-23H2,(H,33,38). The van der Waals surface area contributed by atoms with Crippen LogP contribution in [0, 0.1) is 0 Å². The van der Waals surface area contributed by atoms with Gasteiger partial charge in [0.25, 0.3) is 0 Å². The number of benzene rings is 3. The first-order chi connectivity index (χ1) is 19.2. The highest BCUT2D eigenvalue weighted by molar-refractivity contribution is 6.33. The molecule has 1 N–H and O–H groups in total. The van der Waals surface area contributed by atoms with Gasteiger partial charge in [-0.15, -0.1) is 0 Å². The van der Waals surface area contributed by atoms with Crippen LogP contribution < -0.4 is 10.2 Å². The van der Waals surface area contributed by atoms with Crippen LogP contribution in [0.15, 0.2) is 78.9 Å². The third-order valence-electron chi connectivity index (χ3n) is 6.94. The van der Waals surface area contributed by atoms with Crippen molar-refractivity contribution >= 4 is 34.2 Å². The molecule has 1 fully saturated rings. The van der Waals surface area contributed by atoms with E-state index < -0.39 is 0 Å². The fourth-order valence-corrected chi connectivity index (χ4v) is 5.04. The number of hydrogen-bond acceptors (Lipinski definition) is 6. The van der Waals surface area contributed by atoms with Gasteiger partial charge in [0, 0.05) is 56.6 Å². The molecule has 7 nitrogen and oxygen atoms in total. The summed E-state index contributed by atoms with van der Waals surface area (Å²) in [5.41, 5.74) is 2.73. The SMILES string of the molecule is O=C(CCN(CCCN1CCOCC1)c1nc(-c2ccccc2Cl)nc2ccccc12)NCc1ccccc1. The number of carbonyl (C=O) groups is 1. The summed E-state index contributed by atoms with van der Waals surface area (Å²) in [7, 11) is 0. The number of ether oxygens (including phenoxy) is 1. The molecule has 3 aromatic carbocycles. The number of para-hydroxylation sites is 1. The van der Waals surface area contributed by atoms with E-state index in [0.29, 0.717) is 30.4 Å². The lowest BCUT2D eigenvalue weighted by Crippen LogP contribution is -2.39. The van der Waals surface area contributed by atoms with Crippen molar-refractivity contribution in [1.82, 2.24) is 20.2 Å². The summed E-state index contributed by atoms with van der Waals surface area (Å²) in [5, 5.41) is 4.63. The van der Waals surface area contributed by atoms with Crippen molar-refractivity contribution in [3.8, 4) is 11.4 Å². The number of rotatable bonds is 11. The Hall–Kier alpha value is -3.52. The zero-order valence-electron chi connectivity index (χ0n) is 22.1. The highest BCUT2D eigenvalue weighted by atomic mass is 35.5. The smallest absolute Gasteiger partial charge is 0.222 e. The molecule has 0 atom stereocenters. The van der Waals surface area contributed by atoms with Crippen LogP contribution in [-0.4, -0.2) is 66.7 Å². The number of carbonyl (C=O) groups excluding carboxylic acids is 1. The first-order valence-electron chi connectivity index (χ1n) is 13.5. The van der Waals surface area contributed by atoms with E-state index in [1.807, 2.05) is 78.9 Å². The molecule has 0 unspecified atom stereocenters. The fraction of sp³-hybridized carbons (Fsp3) is 0.323. The van der Waals surface area contributed by atoms with Crippen molar-refractivity contribution in [2.75, 3.05) is 50.8 Å². The van der Waals surface area contributed by atoms with Gasteiger partial charge in [-0.05, 0) is 36.2 Å². The molecule has 39 heavy (non-hydrogen) atoms. The van der Waals surface area contributed by atoms with Crippen molar-refractivity contribution in [3.63, 3.8) is 0 Å². The zero-order chi connectivity index (χ0) is 26.9. The molecule has 0 bridgehead atoms. The maximum Gasteiger partial charge on any atom is 0.222 e. The molecule has 1 amide bonds. The lowest BCUT2D eigenvalue weighted by molar-refractivity contribution is -0.121. The lowest BCUT2D eigenvalue weighted by Gasteiger charge is -2.29. The number of aromatic nitrogens is 2. The summed E-state index contributed by atoms with van der Waals surface area (Å²) in [6, 6.07) is 25.6. The van der Waals surface area contributed by atoms with Crippen molar-refractivity contribution in [3.05, 3.63) is 89.4 Å². The van der Waals surface area contributed by atoms with Gasteiger partial charge in [-0.25, -0.2) is 9.97 Å². The maximum absolute atomic E-state index is 12.9. The van der Waals surface area contributed by atoms with Gasteiger partial charge in [-0.3, -0.25) is 9.69 Å². The second kappa shape index (κ2) is 13.5. The van der Waals surface area contributed by atoms with Gasteiger partial charge in [0.15, 0.2) is 5.82 Å². The van der Waals surface area contributed by atoms with Crippen LogP contribution in [0.1, 0.15) is 18.4 Å². The molecular formula is C31H34ClN5O2. The van der Waals surface area contributed by atoms with Gasteiger partial charge >= 0.3 is 0 Å². The normalized spacial score (nSPS) is 13.9. The number of amides is 1. The predicted molar refractivity (Wildman–Crippen MR) is 157 cm³/mol. The van der Waals surface area contributed by atoms with Crippen LogP contribution in [0.5, 0.6) is 0 Å². The van der Waals surface area contributed by atoms with Crippen LogP contribution in [0.25, 0.3) is 22.3 Å². The van der Waals surface area contributed by atoms with Crippen molar-refractivity contribution in [2.45, 2.75) is 19.4 Å². The molecule has 8 heteroatoms. The number of fused-ring (bicyclic) bond motifs is 1. The maximum atomic E-state index is 12.9. The predicted octanol–water partition coefficient (Wildman–Crippen LogP) is 5.19. The average Bonchev–Trinajstić information content (AvgIpc) is 2.98. The highest BCUT2D eigenvalue weighted by Gasteiger charge is 2.19. The topological polar surface area (TPSA) is 70.6 Å². The Balaban J connectivity index is 1.38. The number of hydrogen-bond donors (Lipinski definition) is 1. The monoisotopic (exact) mass is 543 g/mol. The molecular weight excluding hydrogens is 510 g/mol. The number of halogens is 1. The molecule has 0 spiro atoms. The van der Waals surface area contributed by atoms with Gasteiger partial charge in [0.2, 0.25) is 5.91 Å². The van der Waals surface area contributed by atoms with Crippen LogP contribution in [0.3, 0.4) is 0 Å². The van der Waals surface area contributed by atoms with Gasteiger partial charge in [0.1, 0.15) is 5.82 Å². The molecule has 1 aliphatic heterocycles. The van der Waals surface area contributed by atoms with Gasteiger partial charge in [-0.2, -0.15) is 0 Å². The van der Waals surface area contributed by atoms with Crippen LogP contribution in [-0.2, 0) is 16.1 Å². The summed E-state index contributed by atoms with van der Waals surface area (Å²) in [4.78, 5) is 27.4. The molecule has 1 aromatic heterocycles. The Morgan fingerprint density at radius 3 is 2.49 bits per heavy atom. The highest BCUT2D eigenvalue weighted by Crippen LogP contribution is 2.31. The van der Waals surface area contributed by atoms with E-state index in [9.17, 15) is 4.79 Å². The molecule has 5 rings (SSSR count). The Bertz CT molecular complexity index is 1380. The fourth-order valence-electron chi connectivity index (χ4n) is 4.82. The average molecular weight is 544 g/mol. The second-order valence-corrected chi connectivity index (χ2v) is 10.1. The van der Waals surface area contributed by atoms with Crippen LogP contribution in [0.2, 0.25) is 5.02 Å². The van der Waals surface area contributed by atoms with Gasteiger partial charge in [-0.1, -0.05) is 66.2 Å². The summed E-state index contributed by atoms with van der Waals surface area (Å²) in [6.07, 6.45) is 1.32. The molecule has 0 saturated carbocycles. The Labute approximate surface area is 234 Å². The minimum absolute atomic E-state index is 0.0155. The minimum atomic E-state index is 0.0155. The summed E-state index contributed by atoms with van der Waals surface area (Å²) >= 11 is 6.54. The van der Waals surface area contributed by atoms with Crippen molar-refractivity contribution < 1.29 is 9.53 Å². The Morgan fingerprint density at radius 1 is 0.923 bits per heavy atom. The number of anilines is 1. The second-order valence-electron chi connectivity index (χ2n) is 9.67. The van der Waals surface area contributed by atoms with E-state index >= 15 is 0 Å². The van der Waals surface area contributed by atoms with E-state index in [1.165, 1.54) is 0 Å². The molecule has 4 aromatic rings. The molecule has 1 aliphatic rings. The van der Waals surface area contributed by atoms with E-state index in [4.69, 9.17) is 26.3 Å². The van der Waals surface area contributed by atoms with Crippen molar-refractivity contribution in [2.24, 2.45) is 0 Å². The quantitative estimate of drug-likeness (QED) is 0.281. The van der Waals surface area contributed by atoms with E-state index in [0.717, 1.165) is 73.7 Å². The van der Waals surface area contributed by atoms with Crippen LogP contribution >= 0.6 is 11.6 Å². The first-order valence-corrected chi connectivity index (χ1v) is 13.9. The number of nitrogens with one attached hydrogen (secondary N) is 1. The van der Waals surface area contributed by atoms with Crippen molar-refractivity contribution in [1.29, 1.82) is 0 Å². The lowest BCUT2D eigenvalue weighted by atomic mass is 10.1. The largest absolute Gasteiger partial charge is 0.379 e. The van der Waals surface area contributed by atoms with Gasteiger partial charge < -0.3 is 15.0 Å². The van der Waals surface area contributed by atoms with Crippen LogP contribution in [0.4, 0.5) is 5.82 Å². The molecule has 1 saturated heterocycles. The summed E-state index contributed by atoms with van der Waals surface area (Å²) in [5.74, 6) is 1.43. The molecule has 0 radical (unpaired) electrons. The molecule has 202 valence electrons. The summed E-state index contributed by atoms with van der Waals surface area (Å²) < 4.78 is 5.51. The number of nitrogens with zero attached hydrogens (tertiary/aromatic N) is 4.